The normalized spacial score (nSPS) is 11.9. The number of hydrogen-bond donors (Lipinski definition) is 1. The first-order valence-corrected chi connectivity index (χ1v) is 7.73. The van der Waals surface area contributed by atoms with Crippen LogP contribution in [0.3, 0.4) is 0 Å². The van der Waals surface area contributed by atoms with Gasteiger partial charge in [-0.15, -0.1) is 0 Å². The highest BCUT2D eigenvalue weighted by Gasteiger charge is 2.14. The summed E-state index contributed by atoms with van der Waals surface area (Å²) in [6.07, 6.45) is 0.124. The second kappa shape index (κ2) is 7.66. The van der Waals surface area contributed by atoms with Crippen molar-refractivity contribution in [2.75, 3.05) is 7.11 Å². The second-order valence-electron chi connectivity index (χ2n) is 5.10. The van der Waals surface area contributed by atoms with Crippen LogP contribution in [0.15, 0.2) is 36.4 Å². The fourth-order valence-corrected chi connectivity index (χ4v) is 2.64. The number of ether oxygens (including phenoxy) is 1. The molecule has 0 aliphatic carbocycles. The summed E-state index contributed by atoms with van der Waals surface area (Å²) in [7, 11) is 1.40. The van der Waals surface area contributed by atoms with Gasteiger partial charge in [-0.25, -0.2) is 4.39 Å². The Bertz CT molecular complexity index is 722. The van der Waals surface area contributed by atoms with Crippen LogP contribution in [-0.2, 0) is 11.2 Å². The molecule has 0 aromatic heterocycles. The molecule has 0 saturated carbocycles. The van der Waals surface area contributed by atoms with E-state index < -0.39 is 5.82 Å². The van der Waals surface area contributed by atoms with Crippen molar-refractivity contribution >= 4 is 29.1 Å². The van der Waals surface area contributed by atoms with Crippen LogP contribution in [0.25, 0.3) is 0 Å². The van der Waals surface area contributed by atoms with Gasteiger partial charge in [0.25, 0.3) is 0 Å². The lowest BCUT2D eigenvalue weighted by molar-refractivity contribution is -0.121. The first-order chi connectivity index (χ1) is 10.9. The van der Waals surface area contributed by atoms with Gasteiger partial charge in [0.1, 0.15) is 0 Å². The molecule has 0 bridgehead atoms. The standard InChI is InChI=1S/C17H16Cl2FNO2/c1-10(11-4-6-16(23-2)15(20)7-11)21-17(22)8-12-3-5-13(18)9-14(12)19/h3-7,9-10H,8H2,1-2H3,(H,21,22). The average Bonchev–Trinajstić information content (AvgIpc) is 2.50. The second-order valence-corrected chi connectivity index (χ2v) is 5.94. The van der Waals surface area contributed by atoms with Crippen molar-refractivity contribution in [2.45, 2.75) is 19.4 Å². The summed E-state index contributed by atoms with van der Waals surface area (Å²) in [5, 5.41) is 3.77. The van der Waals surface area contributed by atoms with E-state index in [1.807, 2.05) is 0 Å². The third-order valence-corrected chi connectivity index (χ3v) is 4.01. The van der Waals surface area contributed by atoms with E-state index in [9.17, 15) is 9.18 Å². The molecular weight excluding hydrogens is 340 g/mol. The Morgan fingerprint density at radius 2 is 2.00 bits per heavy atom. The van der Waals surface area contributed by atoms with Gasteiger partial charge in [0, 0.05) is 10.0 Å². The molecule has 2 aromatic rings. The number of halogens is 3. The molecule has 122 valence electrons. The predicted octanol–water partition coefficient (Wildman–Crippen LogP) is 4.56. The lowest BCUT2D eigenvalue weighted by Crippen LogP contribution is -2.28. The zero-order valence-corrected chi connectivity index (χ0v) is 14.2. The first-order valence-electron chi connectivity index (χ1n) is 6.97. The summed E-state index contributed by atoms with van der Waals surface area (Å²) in [5.41, 5.74) is 1.33. The van der Waals surface area contributed by atoms with Crippen molar-refractivity contribution in [3.05, 3.63) is 63.4 Å². The van der Waals surface area contributed by atoms with E-state index in [-0.39, 0.29) is 24.1 Å². The summed E-state index contributed by atoms with van der Waals surface area (Å²) in [5.74, 6) is -0.509. The Kier molecular flexibility index (Phi) is 5.85. The topological polar surface area (TPSA) is 38.3 Å². The minimum atomic E-state index is -0.466. The fourth-order valence-electron chi connectivity index (χ4n) is 2.17. The summed E-state index contributed by atoms with van der Waals surface area (Å²) in [6.45, 7) is 1.78. The van der Waals surface area contributed by atoms with Crippen molar-refractivity contribution in [3.63, 3.8) is 0 Å². The van der Waals surface area contributed by atoms with E-state index in [2.05, 4.69) is 5.32 Å². The molecule has 0 heterocycles. The van der Waals surface area contributed by atoms with Crippen LogP contribution < -0.4 is 10.1 Å². The van der Waals surface area contributed by atoms with E-state index in [1.54, 1.807) is 31.2 Å². The molecule has 2 aromatic carbocycles. The number of nitrogens with one attached hydrogen (secondary N) is 1. The zero-order chi connectivity index (χ0) is 17.0. The largest absolute Gasteiger partial charge is 0.494 e. The van der Waals surface area contributed by atoms with Crippen LogP contribution >= 0.6 is 23.2 Å². The number of methoxy groups -OCH3 is 1. The summed E-state index contributed by atoms with van der Waals surface area (Å²) in [4.78, 5) is 12.1. The van der Waals surface area contributed by atoms with Crippen LogP contribution in [0.5, 0.6) is 5.75 Å². The maximum atomic E-state index is 13.7. The van der Waals surface area contributed by atoms with Gasteiger partial charge in [-0.3, -0.25) is 4.79 Å². The highest BCUT2D eigenvalue weighted by Crippen LogP contribution is 2.23. The Labute approximate surface area is 144 Å². The minimum absolute atomic E-state index is 0.124. The molecule has 1 N–H and O–H groups in total. The molecule has 0 spiro atoms. The van der Waals surface area contributed by atoms with Crippen LogP contribution in [0.2, 0.25) is 10.0 Å². The van der Waals surface area contributed by atoms with Gasteiger partial charge >= 0.3 is 0 Å². The number of carbonyl (C=O) groups is 1. The number of benzene rings is 2. The molecule has 1 unspecified atom stereocenters. The van der Waals surface area contributed by atoms with Gasteiger partial charge < -0.3 is 10.1 Å². The summed E-state index contributed by atoms with van der Waals surface area (Å²) in [6, 6.07) is 9.23. The Morgan fingerprint density at radius 3 is 2.61 bits per heavy atom. The SMILES string of the molecule is COc1ccc(C(C)NC(=O)Cc2ccc(Cl)cc2Cl)cc1F. The van der Waals surface area contributed by atoms with Crippen LogP contribution in [0.4, 0.5) is 4.39 Å². The molecule has 0 radical (unpaired) electrons. The van der Waals surface area contributed by atoms with Crippen LogP contribution in [0.1, 0.15) is 24.1 Å². The molecule has 23 heavy (non-hydrogen) atoms. The van der Waals surface area contributed by atoms with Crippen molar-refractivity contribution in [1.82, 2.24) is 5.32 Å². The number of amides is 1. The molecule has 0 fully saturated rings. The van der Waals surface area contributed by atoms with Gasteiger partial charge in [-0.05, 0) is 42.3 Å². The molecule has 2 rings (SSSR count). The van der Waals surface area contributed by atoms with Crippen LogP contribution in [0, 0.1) is 5.82 Å². The highest BCUT2D eigenvalue weighted by atomic mass is 35.5. The molecular formula is C17H16Cl2FNO2. The average molecular weight is 356 g/mol. The number of hydrogen-bond acceptors (Lipinski definition) is 2. The lowest BCUT2D eigenvalue weighted by Gasteiger charge is -2.15. The van der Waals surface area contributed by atoms with E-state index in [4.69, 9.17) is 27.9 Å². The minimum Gasteiger partial charge on any atom is -0.494 e. The maximum absolute atomic E-state index is 13.7. The van der Waals surface area contributed by atoms with E-state index in [0.717, 1.165) is 0 Å². The van der Waals surface area contributed by atoms with Gasteiger partial charge in [-0.1, -0.05) is 35.3 Å². The maximum Gasteiger partial charge on any atom is 0.224 e. The fraction of sp³-hybridized carbons (Fsp3) is 0.235. The predicted molar refractivity (Wildman–Crippen MR) is 89.7 cm³/mol. The van der Waals surface area contributed by atoms with Gasteiger partial charge in [-0.2, -0.15) is 0 Å². The van der Waals surface area contributed by atoms with Gasteiger partial charge in [0.2, 0.25) is 5.91 Å². The number of rotatable bonds is 5. The number of carbonyl (C=O) groups excluding carboxylic acids is 1. The van der Waals surface area contributed by atoms with Crippen LogP contribution in [-0.4, -0.2) is 13.0 Å². The summed E-state index contributed by atoms with van der Waals surface area (Å²) < 4.78 is 18.6. The molecule has 1 atom stereocenters. The molecule has 3 nitrogen and oxygen atoms in total. The lowest BCUT2D eigenvalue weighted by atomic mass is 10.1. The van der Waals surface area contributed by atoms with Crippen molar-refractivity contribution < 1.29 is 13.9 Å². The Balaban J connectivity index is 2.03. The highest BCUT2D eigenvalue weighted by molar-refractivity contribution is 6.35. The third kappa shape index (κ3) is 4.60. The van der Waals surface area contributed by atoms with Crippen molar-refractivity contribution in [2.24, 2.45) is 0 Å². The third-order valence-electron chi connectivity index (χ3n) is 3.42. The first kappa shape index (κ1) is 17.6. The van der Waals surface area contributed by atoms with Crippen molar-refractivity contribution in [3.8, 4) is 5.75 Å². The molecule has 0 saturated heterocycles. The monoisotopic (exact) mass is 355 g/mol. The zero-order valence-electron chi connectivity index (χ0n) is 12.7. The quantitative estimate of drug-likeness (QED) is 0.853. The molecule has 1 amide bonds. The smallest absolute Gasteiger partial charge is 0.224 e. The van der Waals surface area contributed by atoms with Gasteiger partial charge in [0.05, 0.1) is 19.6 Å². The van der Waals surface area contributed by atoms with E-state index in [0.29, 0.717) is 21.2 Å². The summed E-state index contributed by atoms with van der Waals surface area (Å²) >= 11 is 11.9. The van der Waals surface area contributed by atoms with E-state index in [1.165, 1.54) is 19.2 Å². The Morgan fingerprint density at radius 1 is 1.26 bits per heavy atom. The molecule has 0 aliphatic heterocycles. The van der Waals surface area contributed by atoms with Crippen molar-refractivity contribution in [1.29, 1.82) is 0 Å². The molecule has 6 heteroatoms. The molecule has 0 aliphatic rings. The van der Waals surface area contributed by atoms with E-state index >= 15 is 0 Å². The van der Waals surface area contributed by atoms with Gasteiger partial charge in [0.15, 0.2) is 11.6 Å². The Hall–Kier alpha value is -1.78.